The minimum Gasteiger partial charge on any atom is -0.497 e. The Morgan fingerprint density at radius 1 is 1.04 bits per heavy atom. The van der Waals surface area contributed by atoms with Gasteiger partial charge in [0.15, 0.2) is 0 Å². The predicted octanol–water partition coefficient (Wildman–Crippen LogP) is 3.14. The van der Waals surface area contributed by atoms with E-state index in [2.05, 4.69) is 10.6 Å². The number of benzene rings is 1. The third-order valence-corrected chi connectivity index (χ3v) is 5.56. The highest BCUT2D eigenvalue weighted by Gasteiger charge is 2.33. The van der Waals surface area contributed by atoms with Gasteiger partial charge in [0, 0.05) is 12.5 Å². The summed E-state index contributed by atoms with van der Waals surface area (Å²) in [7, 11) is 1.65. The molecule has 1 aromatic carbocycles. The Morgan fingerprint density at radius 3 is 2.35 bits per heavy atom. The third kappa shape index (κ3) is 5.48. The van der Waals surface area contributed by atoms with Crippen molar-refractivity contribution in [2.24, 2.45) is 5.92 Å². The van der Waals surface area contributed by atoms with Crippen LogP contribution >= 0.6 is 0 Å². The monoisotopic (exact) mass is 358 g/mol. The summed E-state index contributed by atoms with van der Waals surface area (Å²) < 4.78 is 5.21. The van der Waals surface area contributed by atoms with E-state index in [4.69, 9.17) is 4.74 Å². The van der Waals surface area contributed by atoms with Crippen molar-refractivity contribution < 1.29 is 14.3 Å². The topological polar surface area (TPSA) is 67.4 Å². The zero-order valence-corrected chi connectivity index (χ0v) is 15.6. The molecule has 2 N–H and O–H groups in total. The fourth-order valence-electron chi connectivity index (χ4n) is 3.88. The SMILES string of the molecule is COc1ccc(C(CC(=O)NCC(=O)NC2CCCCC2)C2CC2)cc1. The van der Waals surface area contributed by atoms with Gasteiger partial charge in [-0.15, -0.1) is 0 Å². The summed E-state index contributed by atoms with van der Waals surface area (Å²) in [4.78, 5) is 24.4. The number of rotatable bonds is 8. The summed E-state index contributed by atoms with van der Waals surface area (Å²) in [5, 5.41) is 5.84. The number of nitrogens with one attached hydrogen (secondary N) is 2. The molecule has 1 atom stereocenters. The van der Waals surface area contributed by atoms with Gasteiger partial charge in [0.2, 0.25) is 11.8 Å². The van der Waals surface area contributed by atoms with Crippen molar-refractivity contribution >= 4 is 11.8 Å². The van der Waals surface area contributed by atoms with Gasteiger partial charge in [0.25, 0.3) is 0 Å². The van der Waals surface area contributed by atoms with E-state index in [-0.39, 0.29) is 30.3 Å². The first-order valence-electron chi connectivity index (χ1n) is 9.85. The first kappa shape index (κ1) is 18.7. The largest absolute Gasteiger partial charge is 0.497 e. The van der Waals surface area contributed by atoms with E-state index in [0.29, 0.717) is 12.3 Å². The molecule has 1 unspecified atom stereocenters. The molecule has 2 aliphatic carbocycles. The van der Waals surface area contributed by atoms with Gasteiger partial charge >= 0.3 is 0 Å². The lowest BCUT2D eigenvalue weighted by molar-refractivity contribution is -0.126. The van der Waals surface area contributed by atoms with E-state index in [9.17, 15) is 9.59 Å². The molecule has 2 fully saturated rings. The van der Waals surface area contributed by atoms with Crippen molar-refractivity contribution in [3.63, 3.8) is 0 Å². The Bertz CT molecular complexity index is 604. The Kier molecular flexibility index (Phi) is 6.53. The van der Waals surface area contributed by atoms with Crippen LogP contribution in [0.2, 0.25) is 0 Å². The van der Waals surface area contributed by atoms with Gasteiger partial charge < -0.3 is 15.4 Å². The molecule has 0 spiro atoms. The van der Waals surface area contributed by atoms with Crippen LogP contribution < -0.4 is 15.4 Å². The average molecular weight is 358 g/mol. The standard InChI is InChI=1S/C21H30N2O3/c1-26-18-11-9-16(10-12-18)19(15-7-8-15)13-20(24)22-14-21(25)23-17-5-3-2-4-6-17/h9-12,15,17,19H,2-8,13-14H2,1H3,(H,22,24)(H,23,25). The van der Waals surface area contributed by atoms with E-state index in [0.717, 1.165) is 18.6 Å². The van der Waals surface area contributed by atoms with Gasteiger partial charge in [0.1, 0.15) is 5.75 Å². The van der Waals surface area contributed by atoms with E-state index in [1.165, 1.54) is 37.7 Å². The lowest BCUT2D eigenvalue weighted by Gasteiger charge is -2.23. The third-order valence-electron chi connectivity index (χ3n) is 5.56. The second-order valence-electron chi connectivity index (χ2n) is 7.60. The predicted molar refractivity (Wildman–Crippen MR) is 101 cm³/mol. The Balaban J connectivity index is 1.46. The van der Waals surface area contributed by atoms with E-state index in [1.807, 2.05) is 24.3 Å². The molecule has 3 rings (SSSR count). The summed E-state index contributed by atoms with van der Waals surface area (Å²) in [6.45, 7) is 0.0787. The van der Waals surface area contributed by atoms with Crippen LogP contribution in [0.4, 0.5) is 0 Å². The molecule has 5 heteroatoms. The molecule has 0 heterocycles. The lowest BCUT2D eigenvalue weighted by Crippen LogP contribution is -2.42. The molecule has 0 aliphatic heterocycles. The van der Waals surface area contributed by atoms with Crippen LogP contribution in [0.1, 0.15) is 62.8 Å². The maximum absolute atomic E-state index is 12.4. The van der Waals surface area contributed by atoms with E-state index in [1.54, 1.807) is 7.11 Å². The molecule has 5 nitrogen and oxygen atoms in total. The van der Waals surface area contributed by atoms with Gasteiger partial charge in [-0.3, -0.25) is 9.59 Å². The van der Waals surface area contributed by atoms with Gasteiger partial charge in [-0.25, -0.2) is 0 Å². The molecule has 2 aliphatic rings. The van der Waals surface area contributed by atoms with Gasteiger partial charge in [0.05, 0.1) is 13.7 Å². The zero-order valence-electron chi connectivity index (χ0n) is 15.6. The van der Waals surface area contributed by atoms with Crippen LogP contribution in [-0.2, 0) is 9.59 Å². The fourth-order valence-corrected chi connectivity index (χ4v) is 3.88. The summed E-state index contributed by atoms with van der Waals surface area (Å²) in [5.74, 6) is 1.51. The summed E-state index contributed by atoms with van der Waals surface area (Å²) in [5.41, 5.74) is 1.18. The Labute approximate surface area is 155 Å². The maximum Gasteiger partial charge on any atom is 0.239 e. The molecule has 0 radical (unpaired) electrons. The molecule has 1 aromatic rings. The van der Waals surface area contributed by atoms with Crippen molar-refractivity contribution in [3.8, 4) is 5.75 Å². The molecule has 26 heavy (non-hydrogen) atoms. The van der Waals surface area contributed by atoms with Gasteiger partial charge in [-0.05, 0) is 55.2 Å². The molecule has 0 bridgehead atoms. The van der Waals surface area contributed by atoms with Crippen molar-refractivity contribution in [1.29, 1.82) is 0 Å². The molecule has 0 saturated heterocycles. The summed E-state index contributed by atoms with van der Waals surface area (Å²) in [6, 6.07) is 8.27. The normalized spacial score (nSPS) is 18.8. The second kappa shape index (κ2) is 9.06. The minimum atomic E-state index is -0.0716. The van der Waals surface area contributed by atoms with Crippen LogP contribution in [0, 0.1) is 5.92 Å². The van der Waals surface area contributed by atoms with Crippen LogP contribution in [0.5, 0.6) is 5.75 Å². The number of methoxy groups -OCH3 is 1. The van der Waals surface area contributed by atoms with Crippen molar-refractivity contribution in [1.82, 2.24) is 10.6 Å². The van der Waals surface area contributed by atoms with Crippen molar-refractivity contribution in [2.45, 2.75) is 63.3 Å². The van der Waals surface area contributed by atoms with E-state index >= 15 is 0 Å². The van der Waals surface area contributed by atoms with Crippen LogP contribution in [-0.4, -0.2) is 31.5 Å². The number of hydrogen-bond donors (Lipinski definition) is 2. The number of amides is 2. The highest BCUT2D eigenvalue weighted by Crippen LogP contribution is 2.44. The first-order valence-corrected chi connectivity index (χ1v) is 9.85. The van der Waals surface area contributed by atoms with Crippen molar-refractivity contribution in [3.05, 3.63) is 29.8 Å². The number of hydrogen-bond acceptors (Lipinski definition) is 3. The van der Waals surface area contributed by atoms with Gasteiger partial charge in [-0.2, -0.15) is 0 Å². The number of carbonyl (C=O) groups excluding carboxylic acids is 2. The summed E-state index contributed by atoms with van der Waals surface area (Å²) in [6.07, 6.45) is 8.52. The van der Waals surface area contributed by atoms with Gasteiger partial charge in [-0.1, -0.05) is 31.4 Å². The van der Waals surface area contributed by atoms with Crippen LogP contribution in [0.15, 0.2) is 24.3 Å². The molecule has 0 aromatic heterocycles. The first-order chi connectivity index (χ1) is 12.7. The Hall–Kier alpha value is -2.04. The zero-order chi connectivity index (χ0) is 18.4. The molecular formula is C21H30N2O3. The molecule has 2 saturated carbocycles. The maximum atomic E-state index is 12.4. The molecule has 142 valence electrons. The van der Waals surface area contributed by atoms with Crippen LogP contribution in [0.25, 0.3) is 0 Å². The van der Waals surface area contributed by atoms with Crippen LogP contribution in [0.3, 0.4) is 0 Å². The molecule has 2 amide bonds. The van der Waals surface area contributed by atoms with E-state index < -0.39 is 0 Å². The molecular weight excluding hydrogens is 328 g/mol. The summed E-state index contributed by atoms with van der Waals surface area (Å²) >= 11 is 0. The highest BCUT2D eigenvalue weighted by atomic mass is 16.5. The Morgan fingerprint density at radius 2 is 1.73 bits per heavy atom. The smallest absolute Gasteiger partial charge is 0.239 e. The number of ether oxygens (including phenoxy) is 1. The number of carbonyl (C=O) groups is 2. The average Bonchev–Trinajstić information content (AvgIpc) is 3.50. The lowest BCUT2D eigenvalue weighted by atomic mass is 9.90. The van der Waals surface area contributed by atoms with Crippen molar-refractivity contribution in [2.75, 3.05) is 13.7 Å². The second-order valence-corrected chi connectivity index (χ2v) is 7.60. The highest BCUT2D eigenvalue weighted by molar-refractivity contribution is 5.85. The quantitative estimate of drug-likeness (QED) is 0.750. The minimum absolute atomic E-state index is 0.0449. The fraction of sp³-hybridized carbons (Fsp3) is 0.619.